The highest BCUT2D eigenvalue weighted by Gasteiger charge is 2.17. The Balaban J connectivity index is 2.63. The number of ether oxygens (including phenoxy) is 1. The van der Waals surface area contributed by atoms with Crippen molar-refractivity contribution in [1.29, 1.82) is 0 Å². The number of rotatable bonds is 1. The van der Waals surface area contributed by atoms with Gasteiger partial charge in [0.05, 0.1) is 6.61 Å². The van der Waals surface area contributed by atoms with E-state index in [0.717, 1.165) is 18.8 Å². The van der Waals surface area contributed by atoms with Crippen molar-refractivity contribution in [3.8, 4) is 5.75 Å². The smallest absolute Gasteiger partial charge is 0.127 e. The van der Waals surface area contributed by atoms with Gasteiger partial charge in [0, 0.05) is 12.0 Å². The molecule has 0 radical (unpaired) electrons. The van der Waals surface area contributed by atoms with Crippen LogP contribution in [-0.2, 0) is 0 Å². The van der Waals surface area contributed by atoms with Crippen molar-refractivity contribution in [2.75, 3.05) is 6.61 Å². The van der Waals surface area contributed by atoms with Crippen molar-refractivity contribution in [3.05, 3.63) is 47.6 Å². The standard InChI is InChI=1S/C14H16O/c1-4-5-12-8-9-15-13-7-6-10(2)11(3)14(12)13/h4-7H,1,8-9H2,2-3H3/b12-5-. The van der Waals surface area contributed by atoms with Crippen LogP contribution in [0.4, 0.5) is 0 Å². The van der Waals surface area contributed by atoms with E-state index in [-0.39, 0.29) is 0 Å². The Bertz CT molecular complexity index is 427. The van der Waals surface area contributed by atoms with Crippen molar-refractivity contribution in [1.82, 2.24) is 0 Å². The van der Waals surface area contributed by atoms with Gasteiger partial charge in [-0.15, -0.1) is 0 Å². The molecule has 1 nitrogen and oxygen atoms in total. The molecule has 0 atom stereocenters. The van der Waals surface area contributed by atoms with Gasteiger partial charge in [0.25, 0.3) is 0 Å². The van der Waals surface area contributed by atoms with E-state index in [2.05, 4.69) is 38.6 Å². The van der Waals surface area contributed by atoms with Gasteiger partial charge in [-0.25, -0.2) is 0 Å². The summed E-state index contributed by atoms with van der Waals surface area (Å²) in [5.41, 5.74) is 5.24. The maximum Gasteiger partial charge on any atom is 0.127 e. The Morgan fingerprint density at radius 1 is 1.33 bits per heavy atom. The number of hydrogen-bond donors (Lipinski definition) is 0. The van der Waals surface area contributed by atoms with Gasteiger partial charge in [-0.1, -0.05) is 24.8 Å². The largest absolute Gasteiger partial charge is 0.493 e. The van der Waals surface area contributed by atoms with Crippen molar-refractivity contribution >= 4 is 5.57 Å². The molecule has 0 N–H and O–H groups in total. The SMILES string of the molecule is C=C/C=C1/CCOc2ccc(C)c(C)c21. The normalized spacial score (nSPS) is 17.1. The third-order valence-electron chi connectivity index (χ3n) is 2.97. The molecule has 1 aliphatic heterocycles. The Kier molecular flexibility index (Phi) is 2.63. The molecule has 78 valence electrons. The second-order valence-corrected chi connectivity index (χ2v) is 3.91. The quantitative estimate of drug-likeness (QED) is 0.672. The molecule has 15 heavy (non-hydrogen) atoms. The van der Waals surface area contributed by atoms with Gasteiger partial charge in [-0.05, 0) is 36.6 Å². The van der Waals surface area contributed by atoms with Gasteiger partial charge in [0.1, 0.15) is 5.75 Å². The van der Waals surface area contributed by atoms with Gasteiger partial charge in [0.15, 0.2) is 0 Å². The number of aryl methyl sites for hydroxylation is 1. The van der Waals surface area contributed by atoms with E-state index >= 15 is 0 Å². The number of benzene rings is 1. The zero-order chi connectivity index (χ0) is 10.8. The van der Waals surface area contributed by atoms with Crippen LogP contribution in [0, 0.1) is 13.8 Å². The zero-order valence-electron chi connectivity index (χ0n) is 9.34. The second kappa shape index (κ2) is 3.93. The van der Waals surface area contributed by atoms with Gasteiger partial charge >= 0.3 is 0 Å². The lowest BCUT2D eigenvalue weighted by molar-refractivity contribution is 0.316. The van der Waals surface area contributed by atoms with E-state index in [1.165, 1.54) is 22.3 Å². The molecule has 0 bridgehead atoms. The summed E-state index contributed by atoms with van der Waals surface area (Å²) in [5, 5.41) is 0. The molecule has 1 heteroatoms. The van der Waals surface area contributed by atoms with E-state index in [1.54, 1.807) is 0 Å². The molecule has 1 aromatic carbocycles. The summed E-state index contributed by atoms with van der Waals surface area (Å²) in [6, 6.07) is 4.18. The summed E-state index contributed by atoms with van der Waals surface area (Å²) in [7, 11) is 0. The Labute approximate surface area is 91.1 Å². The average molecular weight is 200 g/mol. The summed E-state index contributed by atoms with van der Waals surface area (Å²) in [5.74, 6) is 1.01. The zero-order valence-corrected chi connectivity index (χ0v) is 9.34. The highest BCUT2D eigenvalue weighted by molar-refractivity contribution is 5.76. The van der Waals surface area contributed by atoms with Crippen molar-refractivity contribution in [3.63, 3.8) is 0 Å². The van der Waals surface area contributed by atoms with E-state index < -0.39 is 0 Å². The highest BCUT2D eigenvalue weighted by Crippen LogP contribution is 2.36. The van der Waals surface area contributed by atoms with E-state index in [1.807, 2.05) is 6.08 Å². The molecule has 1 heterocycles. The van der Waals surface area contributed by atoms with Crippen molar-refractivity contribution in [2.45, 2.75) is 20.3 Å². The molecule has 2 rings (SSSR count). The fourth-order valence-corrected chi connectivity index (χ4v) is 2.02. The van der Waals surface area contributed by atoms with Crippen LogP contribution >= 0.6 is 0 Å². The van der Waals surface area contributed by atoms with Crippen LogP contribution in [0.1, 0.15) is 23.1 Å². The summed E-state index contributed by atoms with van der Waals surface area (Å²) >= 11 is 0. The van der Waals surface area contributed by atoms with Gasteiger partial charge in [-0.2, -0.15) is 0 Å². The lowest BCUT2D eigenvalue weighted by Gasteiger charge is -2.22. The lowest BCUT2D eigenvalue weighted by Crippen LogP contribution is -2.09. The summed E-state index contributed by atoms with van der Waals surface area (Å²) in [4.78, 5) is 0. The van der Waals surface area contributed by atoms with Crippen molar-refractivity contribution < 1.29 is 4.74 Å². The number of hydrogen-bond acceptors (Lipinski definition) is 1. The van der Waals surface area contributed by atoms with E-state index in [4.69, 9.17) is 4.74 Å². The Morgan fingerprint density at radius 3 is 2.87 bits per heavy atom. The molecule has 0 spiro atoms. The van der Waals surface area contributed by atoms with Crippen LogP contribution in [0.25, 0.3) is 5.57 Å². The van der Waals surface area contributed by atoms with Gasteiger partial charge in [-0.3, -0.25) is 0 Å². The van der Waals surface area contributed by atoms with E-state index in [0.29, 0.717) is 0 Å². The number of allylic oxidation sites excluding steroid dienone is 2. The second-order valence-electron chi connectivity index (χ2n) is 3.91. The molecule has 0 saturated heterocycles. The van der Waals surface area contributed by atoms with Crippen LogP contribution in [0.2, 0.25) is 0 Å². The number of fused-ring (bicyclic) bond motifs is 1. The predicted molar refractivity (Wildman–Crippen MR) is 64.2 cm³/mol. The predicted octanol–water partition coefficient (Wildman–Crippen LogP) is 3.66. The van der Waals surface area contributed by atoms with Crippen LogP contribution in [0.15, 0.2) is 30.9 Å². The Morgan fingerprint density at radius 2 is 2.13 bits per heavy atom. The van der Waals surface area contributed by atoms with Crippen LogP contribution < -0.4 is 4.74 Å². The fraction of sp³-hybridized carbons (Fsp3) is 0.286. The molecule has 0 amide bonds. The molecular weight excluding hydrogens is 184 g/mol. The minimum Gasteiger partial charge on any atom is -0.493 e. The van der Waals surface area contributed by atoms with Gasteiger partial charge in [0.2, 0.25) is 0 Å². The molecule has 0 unspecified atom stereocenters. The lowest BCUT2D eigenvalue weighted by atomic mass is 9.92. The molecule has 1 aliphatic rings. The van der Waals surface area contributed by atoms with Gasteiger partial charge < -0.3 is 4.74 Å². The average Bonchev–Trinajstić information content (AvgIpc) is 2.24. The molecule has 0 aromatic heterocycles. The summed E-state index contributed by atoms with van der Waals surface area (Å²) < 4.78 is 5.66. The maximum atomic E-state index is 5.66. The first-order valence-corrected chi connectivity index (χ1v) is 5.29. The molecule has 0 fully saturated rings. The van der Waals surface area contributed by atoms with E-state index in [9.17, 15) is 0 Å². The molecule has 0 saturated carbocycles. The monoisotopic (exact) mass is 200 g/mol. The first-order valence-electron chi connectivity index (χ1n) is 5.29. The summed E-state index contributed by atoms with van der Waals surface area (Å²) in [6.45, 7) is 8.82. The topological polar surface area (TPSA) is 9.23 Å². The fourth-order valence-electron chi connectivity index (χ4n) is 2.02. The van der Waals surface area contributed by atoms with Crippen LogP contribution in [0.5, 0.6) is 5.75 Å². The minimum absolute atomic E-state index is 0.773. The summed E-state index contributed by atoms with van der Waals surface area (Å²) in [6.07, 6.45) is 4.92. The van der Waals surface area contributed by atoms with Crippen molar-refractivity contribution in [2.24, 2.45) is 0 Å². The highest BCUT2D eigenvalue weighted by atomic mass is 16.5. The van der Waals surface area contributed by atoms with Crippen LogP contribution in [0.3, 0.4) is 0 Å². The maximum absolute atomic E-state index is 5.66. The first kappa shape index (κ1) is 10.0. The first-order chi connectivity index (χ1) is 7.24. The Hall–Kier alpha value is -1.50. The van der Waals surface area contributed by atoms with Crippen LogP contribution in [-0.4, -0.2) is 6.61 Å². The molecule has 1 aromatic rings. The third kappa shape index (κ3) is 1.70. The molecule has 0 aliphatic carbocycles. The third-order valence-corrected chi connectivity index (χ3v) is 2.97. The molecular formula is C14H16O. The minimum atomic E-state index is 0.773.